The minimum absolute atomic E-state index is 0.102. The molecule has 0 fully saturated rings. The van der Waals surface area contributed by atoms with Gasteiger partial charge in [0.2, 0.25) is 0 Å². The minimum atomic E-state index is -0.331. The molecule has 0 aliphatic heterocycles. The first-order valence-corrected chi connectivity index (χ1v) is 6.82. The van der Waals surface area contributed by atoms with Gasteiger partial charge in [0, 0.05) is 24.5 Å². The third kappa shape index (κ3) is 4.80. The Balaban J connectivity index is 2.67. The molecule has 0 N–H and O–H groups in total. The molecule has 0 spiro atoms. The van der Waals surface area contributed by atoms with Gasteiger partial charge in [0.05, 0.1) is 13.2 Å². The molecule has 1 aromatic carbocycles. The monoisotopic (exact) mass is 287 g/mol. The number of likely N-dealkylation sites (N-methyl/N-ethyl adjacent to an activating group) is 1. The first-order chi connectivity index (χ1) is 9.10. The lowest BCUT2D eigenvalue weighted by Gasteiger charge is -2.21. The van der Waals surface area contributed by atoms with E-state index < -0.39 is 0 Å². The summed E-state index contributed by atoms with van der Waals surface area (Å²) in [7, 11) is 0. The van der Waals surface area contributed by atoms with Gasteiger partial charge in [-0.1, -0.05) is 0 Å². The number of halogens is 2. The van der Waals surface area contributed by atoms with Gasteiger partial charge < -0.3 is 9.64 Å². The van der Waals surface area contributed by atoms with Crippen LogP contribution in [0.1, 0.15) is 22.8 Å². The molecule has 106 valence electrons. The molecule has 1 amide bonds. The Kier molecular flexibility index (Phi) is 6.81. The van der Waals surface area contributed by atoms with Crippen molar-refractivity contribution < 1.29 is 13.9 Å². The summed E-state index contributed by atoms with van der Waals surface area (Å²) in [6.45, 7) is 5.64. The second kappa shape index (κ2) is 8.12. The first-order valence-electron chi connectivity index (χ1n) is 6.29. The predicted octanol–water partition coefficient (Wildman–Crippen LogP) is 2.85. The van der Waals surface area contributed by atoms with E-state index in [-0.39, 0.29) is 11.7 Å². The number of hydrogen-bond acceptors (Lipinski definition) is 2. The number of benzene rings is 1. The predicted molar refractivity (Wildman–Crippen MR) is 74.3 cm³/mol. The summed E-state index contributed by atoms with van der Waals surface area (Å²) in [5, 5.41) is 0. The highest BCUT2D eigenvalue weighted by atomic mass is 35.5. The quantitative estimate of drug-likeness (QED) is 0.570. The Bertz CT molecular complexity index is 426. The van der Waals surface area contributed by atoms with Crippen LogP contribution in [0.3, 0.4) is 0 Å². The van der Waals surface area contributed by atoms with E-state index in [0.29, 0.717) is 43.3 Å². The molecule has 0 heterocycles. The van der Waals surface area contributed by atoms with Gasteiger partial charge in [-0.05, 0) is 37.6 Å². The summed E-state index contributed by atoms with van der Waals surface area (Å²) in [6.07, 6.45) is 0. The van der Waals surface area contributed by atoms with E-state index in [9.17, 15) is 9.18 Å². The van der Waals surface area contributed by atoms with Crippen LogP contribution >= 0.6 is 11.6 Å². The highest BCUT2D eigenvalue weighted by Gasteiger charge is 2.16. The zero-order chi connectivity index (χ0) is 14.3. The standard InChI is InChI=1S/C14H19ClFNO2/c1-3-17(7-9-19-8-6-15)14(18)13-5-4-12(16)10-11(13)2/h4-5,10H,3,6-9H2,1-2H3. The summed E-state index contributed by atoms with van der Waals surface area (Å²) in [4.78, 5) is 14.0. The summed E-state index contributed by atoms with van der Waals surface area (Å²) in [5.74, 6) is 0.00829. The van der Waals surface area contributed by atoms with Crippen LogP contribution in [0.15, 0.2) is 18.2 Å². The van der Waals surface area contributed by atoms with Crippen molar-refractivity contribution in [3.8, 4) is 0 Å². The number of carbonyl (C=O) groups excluding carboxylic acids is 1. The SMILES string of the molecule is CCN(CCOCCCl)C(=O)c1ccc(F)cc1C. The Hall–Kier alpha value is -1.13. The molecule has 0 radical (unpaired) electrons. The Labute approximate surface area is 118 Å². The normalized spacial score (nSPS) is 10.5. The molecule has 19 heavy (non-hydrogen) atoms. The van der Waals surface area contributed by atoms with E-state index in [1.54, 1.807) is 11.8 Å². The number of aryl methyl sites for hydroxylation is 1. The number of alkyl halides is 1. The topological polar surface area (TPSA) is 29.5 Å². The van der Waals surface area contributed by atoms with Gasteiger partial charge in [0.15, 0.2) is 0 Å². The van der Waals surface area contributed by atoms with Crippen LogP contribution in [0.2, 0.25) is 0 Å². The van der Waals surface area contributed by atoms with Crippen molar-refractivity contribution in [2.45, 2.75) is 13.8 Å². The zero-order valence-corrected chi connectivity index (χ0v) is 12.0. The molecule has 0 aliphatic rings. The molecule has 0 aromatic heterocycles. The molecule has 5 heteroatoms. The number of hydrogen-bond donors (Lipinski definition) is 0. The van der Waals surface area contributed by atoms with Crippen LogP contribution in [0.4, 0.5) is 4.39 Å². The molecular formula is C14H19ClFNO2. The number of ether oxygens (including phenoxy) is 1. The smallest absolute Gasteiger partial charge is 0.254 e. The molecule has 0 aliphatic carbocycles. The van der Waals surface area contributed by atoms with Gasteiger partial charge in [-0.2, -0.15) is 0 Å². The summed E-state index contributed by atoms with van der Waals surface area (Å²) < 4.78 is 18.3. The van der Waals surface area contributed by atoms with Crippen molar-refractivity contribution in [3.05, 3.63) is 35.1 Å². The number of amides is 1. The molecule has 1 rings (SSSR count). The van der Waals surface area contributed by atoms with Crippen molar-refractivity contribution in [3.63, 3.8) is 0 Å². The molecule has 0 atom stereocenters. The third-order valence-corrected chi connectivity index (χ3v) is 2.97. The van der Waals surface area contributed by atoms with Crippen molar-refractivity contribution in [1.82, 2.24) is 4.90 Å². The van der Waals surface area contributed by atoms with E-state index in [1.807, 2.05) is 6.92 Å². The van der Waals surface area contributed by atoms with Crippen LogP contribution in [-0.2, 0) is 4.74 Å². The highest BCUT2D eigenvalue weighted by Crippen LogP contribution is 2.12. The minimum Gasteiger partial charge on any atom is -0.378 e. The fourth-order valence-electron chi connectivity index (χ4n) is 1.77. The maximum atomic E-state index is 13.0. The molecule has 1 aromatic rings. The fourth-order valence-corrected chi connectivity index (χ4v) is 1.88. The van der Waals surface area contributed by atoms with Gasteiger partial charge in [0.25, 0.3) is 5.91 Å². The number of rotatable bonds is 7. The van der Waals surface area contributed by atoms with Crippen LogP contribution in [0, 0.1) is 12.7 Å². The van der Waals surface area contributed by atoms with Gasteiger partial charge in [0.1, 0.15) is 5.82 Å². The lowest BCUT2D eigenvalue weighted by Crippen LogP contribution is -2.34. The van der Waals surface area contributed by atoms with E-state index in [4.69, 9.17) is 16.3 Å². The van der Waals surface area contributed by atoms with E-state index >= 15 is 0 Å². The Morgan fingerprint density at radius 1 is 1.42 bits per heavy atom. The Morgan fingerprint density at radius 3 is 2.74 bits per heavy atom. The number of carbonyl (C=O) groups is 1. The van der Waals surface area contributed by atoms with Gasteiger partial charge >= 0.3 is 0 Å². The van der Waals surface area contributed by atoms with Crippen molar-refractivity contribution in [1.29, 1.82) is 0 Å². The average molecular weight is 288 g/mol. The van der Waals surface area contributed by atoms with Crippen molar-refractivity contribution >= 4 is 17.5 Å². The number of nitrogens with zero attached hydrogens (tertiary/aromatic N) is 1. The summed E-state index contributed by atoms with van der Waals surface area (Å²) in [6, 6.07) is 4.19. The van der Waals surface area contributed by atoms with Crippen LogP contribution in [0.5, 0.6) is 0 Å². The first kappa shape index (κ1) is 15.9. The van der Waals surface area contributed by atoms with Crippen molar-refractivity contribution in [2.75, 3.05) is 32.2 Å². The lowest BCUT2D eigenvalue weighted by atomic mass is 10.1. The molecule has 0 unspecified atom stereocenters. The van der Waals surface area contributed by atoms with Crippen molar-refractivity contribution in [2.24, 2.45) is 0 Å². The van der Waals surface area contributed by atoms with Gasteiger partial charge in [-0.15, -0.1) is 11.6 Å². The van der Waals surface area contributed by atoms with E-state index in [2.05, 4.69) is 0 Å². The fraction of sp³-hybridized carbons (Fsp3) is 0.500. The zero-order valence-electron chi connectivity index (χ0n) is 11.3. The molecule has 3 nitrogen and oxygen atoms in total. The van der Waals surface area contributed by atoms with Gasteiger partial charge in [-0.25, -0.2) is 4.39 Å². The van der Waals surface area contributed by atoms with E-state index in [0.717, 1.165) is 0 Å². The molecule has 0 saturated carbocycles. The second-order valence-electron chi connectivity index (χ2n) is 4.15. The lowest BCUT2D eigenvalue weighted by molar-refractivity contribution is 0.0670. The molecule has 0 bridgehead atoms. The maximum absolute atomic E-state index is 13.0. The molecular weight excluding hydrogens is 269 g/mol. The highest BCUT2D eigenvalue weighted by molar-refractivity contribution is 6.17. The maximum Gasteiger partial charge on any atom is 0.254 e. The second-order valence-corrected chi connectivity index (χ2v) is 4.52. The van der Waals surface area contributed by atoms with Crippen LogP contribution in [-0.4, -0.2) is 43.0 Å². The van der Waals surface area contributed by atoms with Gasteiger partial charge in [-0.3, -0.25) is 4.79 Å². The summed E-state index contributed by atoms with van der Waals surface area (Å²) in [5.41, 5.74) is 1.17. The average Bonchev–Trinajstić information content (AvgIpc) is 2.38. The largest absolute Gasteiger partial charge is 0.378 e. The Morgan fingerprint density at radius 2 is 2.16 bits per heavy atom. The summed E-state index contributed by atoms with van der Waals surface area (Å²) >= 11 is 5.50. The van der Waals surface area contributed by atoms with Crippen LogP contribution in [0.25, 0.3) is 0 Å². The third-order valence-electron chi connectivity index (χ3n) is 2.81. The van der Waals surface area contributed by atoms with Crippen LogP contribution < -0.4 is 0 Å². The molecule has 0 saturated heterocycles. The van der Waals surface area contributed by atoms with E-state index in [1.165, 1.54) is 18.2 Å².